The maximum Gasteiger partial charge on any atom is 0.313 e. The lowest BCUT2D eigenvalue weighted by Crippen LogP contribution is -2.60. The molecular weight excluding hydrogens is 404 g/mol. The van der Waals surface area contributed by atoms with E-state index in [1.807, 2.05) is 6.92 Å². The van der Waals surface area contributed by atoms with Gasteiger partial charge in [-0.05, 0) is 55.4 Å². The maximum absolute atomic E-state index is 13.5. The van der Waals surface area contributed by atoms with Crippen molar-refractivity contribution in [3.63, 3.8) is 0 Å². The summed E-state index contributed by atoms with van der Waals surface area (Å²) in [5, 5.41) is 20.3. The zero-order valence-electron chi connectivity index (χ0n) is 17.6. The average Bonchev–Trinajstić information content (AvgIpc) is 2.93. The Balaban J connectivity index is 1.62. The second-order valence-corrected chi connectivity index (χ2v) is 11.1. The van der Waals surface area contributed by atoms with Gasteiger partial charge in [-0.15, -0.1) is 11.8 Å². The number of allylic oxidation sites excluding steroid dienone is 1. The fourth-order valence-electron chi connectivity index (χ4n) is 7.20. The van der Waals surface area contributed by atoms with Crippen molar-refractivity contribution in [1.82, 2.24) is 0 Å². The third-order valence-corrected chi connectivity index (χ3v) is 9.64. The van der Waals surface area contributed by atoms with Crippen molar-refractivity contribution in [3.05, 3.63) is 11.6 Å². The Kier molecular flexibility index (Phi) is 5.29. The zero-order chi connectivity index (χ0) is 21.9. The number of fused-ring (bicyclic) bond motifs is 5. The summed E-state index contributed by atoms with van der Waals surface area (Å²) < 4.78 is 0. The van der Waals surface area contributed by atoms with E-state index in [1.165, 1.54) is 0 Å². The van der Waals surface area contributed by atoms with Gasteiger partial charge in [-0.25, -0.2) is 0 Å². The number of thioether (sulfide) groups is 1. The van der Waals surface area contributed by atoms with E-state index >= 15 is 0 Å². The van der Waals surface area contributed by atoms with Gasteiger partial charge in [-0.3, -0.25) is 19.2 Å². The molecule has 4 rings (SSSR count). The van der Waals surface area contributed by atoms with Crippen LogP contribution in [-0.4, -0.2) is 50.6 Å². The second-order valence-electron chi connectivity index (χ2n) is 10.1. The number of rotatable bonds is 5. The van der Waals surface area contributed by atoms with E-state index in [9.17, 15) is 24.3 Å². The quantitative estimate of drug-likeness (QED) is 0.685. The fraction of sp³-hybridized carbons (Fsp3) is 0.739. The van der Waals surface area contributed by atoms with Crippen molar-refractivity contribution >= 4 is 35.1 Å². The molecular formula is C23H30O6S. The highest BCUT2D eigenvalue weighted by Crippen LogP contribution is 2.66. The number of Topliss-reactive ketones (excluding diaryl/α,β-unsaturated/α-hetero) is 2. The summed E-state index contributed by atoms with van der Waals surface area (Å²) in [6.45, 7) is 4.01. The highest BCUT2D eigenvalue weighted by atomic mass is 32.2. The minimum atomic E-state index is -1.58. The van der Waals surface area contributed by atoms with Crippen molar-refractivity contribution in [2.75, 3.05) is 11.5 Å². The van der Waals surface area contributed by atoms with Gasteiger partial charge < -0.3 is 10.2 Å². The molecule has 4 aliphatic rings. The predicted octanol–water partition coefficient (Wildman–Crippen LogP) is 2.82. The fourth-order valence-corrected chi connectivity index (χ4v) is 7.90. The standard InChI is InChI=1S/C23H30O6S/c1-21-7-5-14(24)9-13(21)3-4-15-16-6-8-23(29,18(26)11-30-12-19(27)28)22(16,2)10-17(25)20(15)21/h9,15-16,20,29H,3-8,10-12H2,1-2H3,(H,27,28)/t15?,16?,20?,21-,22-,23-/m0/s1. The first kappa shape index (κ1) is 21.8. The van der Waals surface area contributed by atoms with Crippen LogP contribution in [0.5, 0.6) is 0 Å². The molecule has 0 heterocycles. The number of aliphatic carboxylic acids is 1. The number of ketones is 3. The van der Waals surface area contributed by atoms with Crippen molar-refractivity contribution in [3.8, 4) is 0 Å². The van der Waals surface area contributed by atoms with Crippen LogP contribution in [0.15, 0.2) is 11.6 Å². The highest BCUT2D eigenvalue weighted by Gasteiger charge is 2.68. The van der Waals surface area contributed by atoms with Crippen molar-refractivity contribution in [2.24, 2.45) is 28.6 Å². The molecule has 7 heteroatoms. The number of carbonyl (C=O) groups excluding carboxylic acids is 3. The highest BCUT2D eigenvalue weighted by molar-refractivity contribution is 8.00. The molecule has 0 aliphatic heterocycles. The van der Waals surface area contributed by atoms with Gasteiger partial charge in [0.25, 0.3) is 0 Å². The molecule has 0 radical (unpaired) electrons. The number of carboxylic acids is 1. The van der Waals surface area contributed by atoms with Crippen LogP contribution >= 0.6 is 11.8 Å². The van der Waals surface area contributed by atoms with E-state index in [4.69, 9.17) is 5.11 Å². The van der Waals surface area contributed by atoms with Gasteiger partial charge in [0.1, 0.15) is 11.4 Å². The zero-order valence-corrected chi connectivity index (χ0v) is 18.4. The summed E-state index contributed by atoms with van der Waals surface area (Å²) in [6.07, 6.45) is 5.73. The van der Waals surface area contributed by atoms with E-state index in [1.54, 1.807) is 6.08 Å². The van der Waals surface area contributed by atoms with E-state index < -0.39 is 17.0 Å². The molecule has 30 heavy (non-hydrogen) atoms. The maximum atomic E-state index is 13.5. The van der Waals surface area contributed by atoms with Gasteiger partial charge in [0.15, 0.2) is 11.6 Å². The Labute approximate surface area is 180 Å². The molecule has 6 nitrogen and oxygen atoms in total. The molecule has 0 saturated heterocycles. The molecule has 164 valence electrons. The number of hydrogen-bond acceptors (Lipinski definition) is 6. The van der Waals surface area contributed by atoms with Gasteiger partial charge in [0.05, 0.1) is 11.5 Å². The minimum Gasteiger partial charge on any atom is -0.481 e. The smallest absolute Gasteiger partial charge is 0.313 e. The van der Waals surface area contributed by atoms with Crippen LogP contribution in [-0.2, 0) is 19.2 Å². The van der Waals surface area contributed by atoms with Crippen LogP contribution < -0.4 is 0 Å². The Bertz CT molecular complexity index is 849. The molecule has 0 spiro atoms. The first-order valence-electron chi connectivity index (χ1n) is 10.8. The van der Waals surface area contributed by atoms with Crippen LogP contribution in [0.4, 0.5) is 0 Å². The summed E-state index contributed by atoms with van der Waals surface area (Å²) in [4.78, 5) is 49.2. The summed E-state index contributed by atoms with van der Waals surface area (Å²) in [5.74, 6) is -1.29. The second kappa shape index (κ2) is 7.30. The van der Waals surface area contributed by atoms with Gasteiger partial charge in [-0.2, -0.15) is 0 Å². The van der Waals surface area contributed by atoms with Crippen molar-refractivity contribution in [1.29, 1.82) is 0 Å². The normalized spacial score (nSPS) is 42.8. The van der Waals surface area contributed by atoms with Crippen LogP contribution in [0.2, 0.25) is 0 Å². The minimum absolute atomic E-state index is 0.0554. The monoisotopic (exact) mass is 434 g/mol. The van der Waals surface area contributed by atoms with Gasteiger partial charge in [-0.1, -0.05) is 19.4 Å². The molecule has 2 N–H and O–H groups in total. The Morgan fingerprint density at radius 3 is 2.57 bits per heavy atom. The summed E-state index contributed by atoms with van der Waals surface area (Å²) in [6, 6.07) is 0. The van der Waals surface area contributed by atoms with Crippen LogP contribution in [0, 0.1) is 28.6 Å². The average molecular weight is 435 g/mol. The topological polar surface area (TPSA) is 109 Å². The number of aliphatic hydroxyl groups is 1. The van der Waals surface area contributed by atoms with Gasteiger partial charge >= 0.3 is 5.97 Å². The van der Waals surface area contributed by atoms with E-state index in [0.29, 0.717) is 25.7 Å². The van der Waals surface area contributed by atoms with Crippen molar-refractivity contribution in [2.45, 2.75) is 64.4 Å². The van der Waals surface area contributed by atoms with Crippen LogP contribution in [0.1, 0.15) is 58.8 Å². The summed E-state index contributed by atoms with van der Waals surface area (Å²) in [7, 11) is 0. The van der Waals surface area contributed by atoms with E-state index in [-0.39, 0.29) is 58.4 Å². The third-order valence-electron chi connectivity index (χ3n) is 8.73. The number of carbonyl (C=O) groups is 4. The molecule has 3 saturated carbocycles. The first-order chi connectivity index (χ1) is 14.0. The predicted molar refractivity (Wildman–Crippen MR) is 112 cm³/mol. The molecule has 6 atom stereocenters. The molecule has 4 aliphatic carbocycles. The first-order valence-corrected chi connectivity index (χ1v) is 12.0. The molecule has 3 fully saturated rings. The lowest BCUT2D eigenvalue weighted by Gasteiger charge is -2.57. The Morgan fingerprint density at radius 1 is 1.13 bits per heavy atom. The lowest BCUT2D eigenvalue weighted by molar-refractivity contribution is -0.167. The summed E-state index contributed by atoms with van der Waals surface area (Å²) >= 11 is 0.998. The third kappa shape index (κ3) is 3.03. The Morgan fingerprint density at radius 2 is 1.87 bits per heavy atom. The molecule has 0 aromatic carbocycles. The van der Waals surface area contributed by atoms with Crippen molar-refractivity contribution < 1.29 is 29.4 Å². The van der Waals surface area contributed by atoms with Gasteiger partial charge in [0.2, 0.25) is 0 Å². The SMILES string of the molecule is C[C@]12CCC(=O)C=C1CCC1C2C(=O)C[C@@]2(C)C1CC[C@]2(O)C(=O)CSCC(=O)O. The van der Waals surface area contributed by atoms with Crippen LogP contribution in [0.3, 0.4) is 0 Å². The lowest BCUT2D eigenvalue weighted by atomic mass is 9.46. The number of hydrogen-bond donors (Lipinski definition) is 2. The Hall–Kier alpha value is -1.47. The van der Waals surface area contributed by atoms with Crippen LogP contribution in [0.25, 0.3) is 0 Å². The molecule has 0 aromatic heterocycles. The molecule has 0 amide bonds. The van der Waals surface area contributed by atoms with E-state index in [2.05, 4.69) is 6.92 Å². The largest absolute Gasteiger partial charge is 0.481 e. The molecule has 0 aromatic rings. The summed E-state index contributed by atoms with van der Waals surface area (Å²) in [5.41, 5.74) is -1.58. The van der Waals surface area contributed by atoms with Gasteiger partial charge in [0, 0.05) is 24.2 Å². The van der Waals surface area contributed by atoms with E-state index in [0.717, 1.165) is 30.2 Å². The molecule has 0 bridgehead atoms. The number of carboxylic acid groups (broad SMARTS) is 1. The molecule has 3 unspecified atom stereocenters.